The van der Waals surface area contributed by atoms with E-state index in [-0.39, 0.29) is 12.5 Å². The van der Waals surface area contributed by atoms with Crippen molar-refractivity contribution >= 4 is 15.9 Å². The Hall–Kier alpha value is -1.40. The molecule has 0 saturated carbocycles. The minimum absolute atomic E-state index is 0.138. The molecule has 1 aromatic rings. The Bertz CT molecular complexity index is 670. The van der Waals surface area contributed by atoms with Gasteiger partial charge in [0.15, 0.2) is 0 Å². The molecule has 2 rings (SSSR count). The zero-order valence-corrected chi connectivity index (χ0v) is 15.1. The van der Waals surface area contributed by atoms with Crippen LogP contribution >= 0.6 is 0 Å². The molecule has 1 aromatic carbocycles. The van der Waals surface area contributed by atoms with Crippen LogP contribution in [0.5, 0.6) is 0 Å². The number of carbonyl (C=O) groups excluding carboxylic acids is 1. The predicted molar refractivity (Wildman–Crippen MR) is 91.9 cm³/mol. The van der Waals surface area contributed by atoms with Gasteiger partial charge >= 0.3 is 0 Å². The molecule has 1 N–H and O–H groups in total. The first-order valence-corrected chi connectivity index (χ1v) is 9.81. The lowest BCUT2D eigenvalue weighted by Crippen LogP contribution is -2.39. The van der Waals surface area contributed by atoms with E-state index in [9.17, 15) is 13.2 Å². The number of benzene rings is 1. The van der Waals surface area contributed by atoms with Gasteiger partial charge < -0.3 is 5.32 Å². The van der Waals surface area contributed by atoms with Crippen molar-refractivity contribution in [2.45, 2.75) is 32.1 Å². The molecule has 0 heterocycles. The van der Waals surface area contributed by atoms with Gasteiger partial charge in [0, 0.05) is 19.5 Å². The Morgan fingerprint density at radius 1 is 1.30 bits per heavy atom. The molecule has 1 amide bonds. The van der Waals surface area contributed by atoms with Gasteiger partial charge in [0.1, 0.15) is 0 Å². The Balaban J connectivity index is 1.98. The molecule has 1 aliphatic rings. The summed E-state index contributed by atoms with van der Waals surface area (Å²) in [4.78, 5) is 12.0. The second-order valence-corrected chi connectivity index (χ2v) is 8.82. The highest BCUT2D eigenvalue weighted by molar-refractivity contribution is 7.88. The number of amides is 1. The number of fused-ring (bicyclic) bond motifs is 1. The average Bonchev–Trinajstić information content (AvgIpc) is 2.83. The summed E-state index contributed by atoms with van der Waals surface area (Å²) in [5.41, 5.74) is 2.69. The summed E-state index contributed by atoms with van der Waals surface area (Å²) in [6.07, 6.45) is 2.12. The highest BCUT2D eigenvalue weighted by atomic mass is 32.2. The lowest BCUT2D eigenvalue weighted by Gasteiger charge is -2.17. The first-order chi connectivity index (χ1) is 10.7. The fraction of sp³-hybridized carbons (Fsp3) is 0.588. The van der Waals surface area contributed by atoms with E-state index in [0.29, 0.717) is 24.3 Å². The molecular weight excluding hydrogens is 312 g/mol. The lowest BCUT2D eigenvalue weighted by molar-refractivity contribution is -0.121. The maximum Gasteiger partial charge on any atom is 0.235 e. The van der Waals surface area contributed by atoms with E-state index in [1.807, 2.05) is 6.07 Å². The van der Waals surface area contributed by atoms with Gasteiger partial charge in [-0.2, -0.15) is 4.31 Å². The van der Waals surface area contributed by atoms with Gasteiger partial charge in [-0.15, -0.1) is 0 Å². The fourth-order valence-electron chi connectivity index (χ4n) is 3.22. The number of nitrogens with one attached hydrogen (secondary N) is 1. The normalized spacial score (nSPS) is 20.8. The highest BCUT2D eigenvalue weighted by Crippen LogP contribution is 2.44. The SMILES string of the molecule is CC(C)[C@@H]1C[C@@H](CNC(=O)CN(C)S(C)(=O)=O)c2ccccc21. The minimum atomic E-state index is -3.33. The number of hydrogen-bond donors (Lipinski definition) is 1. The Morgan fingerprint density at radius 3 is 2.48 bits per heavy atom. The molecule has 0 spiro atoms. The van der Waals surface area contributed by atoms with Crippen molar-refractivity contribution in [1.29, 1.82) is 0 Å². The van der Waals surface area contributed by atoms with Crippen LogP contribution in [-0.2, 0) is 14.8 Å². The third-order valence-electron chi connectivity index (χ3n) is 4.66. The number of sulfonamides is 1. The van der Waals surface area contributed by atoms with Crippen molar-refractivity contribution in [1.82, 2.24) is 9.62 Å². The van der Waals surface area contributed by atoms with Gasteiger partial charge in [-0.25, -0.2) is 8.42 Å². The molecule has 1 aliphatic carbocycles. The number of likely N-dealkylation sites (N-methyl/N-ethyl adjacent to an activating group) is 1. The van der Waals surface area contributed by atoms with Crippen LogP contribution in [0.1, 0.15) is 43.2 Å². The minimum Gasteiger partial charge on any atom is -0.354 e. The first kappa shape index (κ1) is 17.9. The summed E-state index contributed by atoms with van der Waals surface area (Å²) in [5, 5.41) is 2.88. The Morgan fingerprint density at radius 2 is 1.91 bits per heavy atom. The molecule has 23 heavy (non-hydrogen) atoms. The standard InChI is InChI=1S/C17H26N2O3S/c1-12(2)16-9-13(14-7-5-6-8-15(14)16)10-18-17(20)11-19(3)23(4,21)22/h5-8,12-13,16H,9-11H2,1-4H3,(H,18,20)/t13-,16-/m0/s1. The van der Waals surface area contributed by atoms with Crippen LogP contribution in [0.4, 0.5) is 0 Å². The van der Waals surface area contributed by atoms with Crippen LogP contribution in [0.3, 0.4) is 0 Å². The zero-order valence-electron chi connectivity index (χ0n) is 14.2. The third kappa shape index (κ3) is 4.32. The van der Waals surface area contributed by atoms with Gasteiger partial charge in [0.2, 0.25) is 15.9 Å². The van der Waals surface area contributed by atoms with Gasteiger partial charge in [0.25, 0.3) is 0 Å². The van der Waals surface area contributed by atoms with E-state index in [1.54, 1.807) is 0 Å². The zero-order chi connectivity index (χ0) is 17.2. The first-order valence-electron chi connectivity index (χ1n) is 7.97. The average molecular weight is 338 g/mol. The molecule has 5 nitrogen and oxygen atoms in total. The van der Waals surface area contributed by atoms with Crippen LogP contribution < -0.4 is 5.32 Å². The van der Waals surface area contributed by atoms with E-state index < -0.39 is 10.0 Å². The van der Waals surface area contributed by atoms with E-state index >= 15 is 0 Å². The van der Waals surface area contributed by atoms with Gasteiger partial charge in [-0.3, -0.25) is 4.79 Å². The smallest absolute Gasteiger partial charge is 0.235 e. The molecule has 0 bridgehead atoms. The largest absolute Gasteiger partial charge is 0.354 e. The summed E-state index contributed by atoms with van der Waals surface area (Å²) >= 11 is 0. The number of nitrogens with zero attached hydrogens (tertiary/aromatic N) is 1. The number of rotatable bonds is 6. The van der Waals surface area contributed by atoms with Gasteiger partial charge in [0.05, 0.1) is 12.8 Å². The molecule has 0 unspecified atom stereocenters. The number of carbonyl (C=O) groups is 1. The monoisotopic (exact) mass is 338 g/mol. The van der Waals surface area contributed by atoms with Gasteiger partial charge in [-0.1, -0.05) is 38.1 Å². The van der Waals surface area contributed by atoms with Crippen LogP contribution in [0.25, 0.3) is 0 Å². The maximum atomic E-state index is 12.0. The van der Waals surface area contributed by atoms with Gasteiger partial charge in [-0.05, 0) is 29.4 Å². The Labute approximate surface area is 139 Å². The molecule has 0 fully saturated rings. The number of hydrogen-bond acceptors (Lipinski definition) is 3. The van der Waals surface area contributed by atoms with E-state index in [2.05, 4.69) is 37.4 Å². The second kappa shape index (κ2) is 7.01. The molecule has 0 aliphatic heterocycles. The van der Waals surface area contributed by atoms with Crippen molar-refractivity contribution in [3.05, 3.63) is 35.4 Å². The predicted octanol–water partition coefficient (Wildman–Crippen LogP) is 1.92. The molecule has 128 valence electrons. The summed E-state index contributed by atoms with van der Waals surface area (Å²) in [7, 11) is -1.92. The van der Waals surface area contributed by atoms with Crippen molar-refractivity contribution < 1.29 is 13.2 Å². The van der Waals surface area contributed by atoms with Crippen molar-refractivity contribution in [3.8, 4) is 0 Å². The van der Waals surface area contributed by atoms with Crippen molar-refractivity contribution in [2.24, 2.45) is 5.92 Å². The highest BCUT2D eigenvalue weighted by Gasteiger charge is 2.32. The summed E-state index contributed by atoms with van der Waals surface area (Å²) < 4.78 is 23.8. The van der Waals surface area contributed by atoms with Crippen LogP contribution in [-0.4, -0.2) is 45.0 Å². The van der Waals surface area contributed by atoms with E-state index in [0.717, 1.165) is 17.0 Å². The fourth-order valence-corrected chi connectivity index (χ4v) is 3.57. The van der Waals surface area contributed by atoms with Crippen LogP contribution in [0.15, 0.2) is 24.3 Å². The summed E-state index contributed by atoms with van der Waals surface area (Å²) in [6.45, 7) is 4.87. The molecule has 0 aromatic heterocycles. The Kier molecular flexibility index (Phi) is 5.47. The molecule has 0 saturated heterocycles. The van der Waals surface area contributed by atoms with E-state index in [4.69, 9.17) is 0 Å². The maximum absolute atomic E-state index is 12.0. The second-order valence-electron chi connectivity index (χ2n) is 6.74. The third-order valence-corrected chi connectivity index (χ3v) is 5.92. The quantitative estimate of drug-likeness (QED) is 0.862. The molecule has 0 radical (unpaired) electrons. The lowest BCUT2D eigenvalue weighted by atomic mass is 9.90. The molecule has 2 atom stereocenters. The van der Waals surface area contributed by atoms with Crippen LogP contribution in [0.2, 0.25) is 0 Å². The summed E-state index contributed by atoms with van der Waals surface area (Å²) in [6, 6.07) is 8.42. The van der Waals surface area contributed by atoms with Crippen molar-refractivity contribution in [2.75, 3.05) is 26.4 Å². The molecule has 6 heteroatoms. The van der Waals surface area contributed by atoms with Crippen molar-refractivity contribution in [3.63, 3.8) is 0 Å². The van der Waals surface area contributed by atoms with E-state index in [1.165, 1.54) is 18.2 Å². The summed E-state index contributed by atoms with van der Waals surface area (Å²) in [5.74, 6) is 1.12. The van der Waals surface area contributed by atoms with Crippen LogP contribution in [0, 0.1) is 5.92 Å². The topological polar surface area (TPSA) is 66.5 Å². The molecular formula is C17H26N2O3S.